The van der Waals surface area contributed by atoms with E-state index in [4.69, 9.17) is 9.47 Å². The summed E-state index contributed by atoms with van der Waals surface area (Å²) in [6.45, 7) is 6.20. The Morgan fingerprint density at radius 1 is 1.24 bits per heavy atom. The Kier molecular flexibility index (Phi) is 5.59. The Morgan fingerprint density at radius 3 is 2.71 bits per heavy atom. The molecule has 0 amide bonds. The van der Waals surface area contributed by atoms with Crippen molar-refractivity contribution in [2.24, 2.45) is 5.92 Å². The van der Waals surface area contributed by atoms with E-state index < -0.39 is 0 Å². The van der Waals surface area contributed by atoms with Crippen LogP contribution in [0.25, 0.3) is 11.3 Å². The van der Waals surface area contributed by atoms with Gasteiger partial charge >= 0.3 is 0 Å². The number of ether oxygens (including phenoxy) is 2. The molecule has 0 bridgehead atoms. The molecule has 1 aromatic heterocycles. The van der Waals surface area contributed by atoms with E-state index in [1.165, 1.54) is 0 Å². The predicted octanol–water partition coefficient (Wildman–Crippen LogP) is 3.57. The first-order chi connectivity index (χ1) is 10.1. The van der Waals surface area contributed by atoms with Crippen LogP contribution in [0.2, 0.25) is 0 Å². The molecular formula is C16H22N2O2S. The molecule has 1 heterocycles. The first kappa shape index (κ1) is 15.8. The van der Waals surface area contributed by atoms with Crippen molar-refractivity contribution >= 4 is 11.3 Å². The van der Waals surface area contributed by atoms with Crippen LogP contribution in [0.1, 0.15) is 18.9 Å². The number of nitrogens with one attached hydrogen (secondary N) is 1. The van der Waals surface area contributed by atoms with Gasteiger partial charge in [0.15, 0.2) is 0 Å². The van der Waals surface area contributed by atoms with Gasteiger partial charge < -0.3 is 14.8 Å². The van der Waals surface area contributed by atoms with Crippen molar-refractivity contribution < 1.29 is 9.47 Å². The maximum Gasteiger partial charge on any atom is 0.131 e. The normalized spacial score (nSPS) is 10.9. The molecule has 0 aliphatic rings. The number of hydrogen-bond donors (Lipinski definition) is 1. The van der Waals surface area contributed by atoms with E-state index in [1.807, 2.05) is 18.2 Å². The lowest BCUT2D eigenvalue weighted by atomic mass is 10.1. The van der Waals surface area contributed by atoms with Gasteiger partial charge in [0.2, 0.25) is 0 Å². The molecule has 1 N–H and O–H groups in total. The summed E-state index contributed by atoms with van der Waals surface area (Å²) in [7, 11) is 3.31. The van der Waals surface area contributed by atoms with Crippen LogP contribution in [0.15, 0.2) is 23.6 Å². The van der Waals surface area contributed by atoms with Crippen molar-refractivity contribution in [2.75, 3.05) is 20.8 Å². The molecule has 0 spiro atoms. The Hall–Kier alpha value is -1.59. The lowest BCUT2D eigenvalue weighted by molar-refractivity contribution is 0.395. The smallest absolute Gasteiger partial charge is 0.131 e. The van der Waals surface area contributed by atoms with Crippen LogP contribution in [0.5, 0.6) is 11.5 Å². The van der Waals surface area contributed by atoms with Crippen molar-refractivity contribution in [2.45, 2.75) is 20.4 Å². The standard InChI is InChI=1S/C16H22N2O2S/c1-11(2)8-17-9-16-18-14(10-21-16)13-6-5-12(19-3)7-15(13)20-4/h5-7,10-11,17H,8-9H2,1-4H3. The fourth-order valence-corrected chi connectivity index (χ4v) is 2.76. The number of rotatable bonds is 7. The zero-order valence-corrected chi connectivity index (χ0v) is 13.8. The SMILES string of the molecule is COc1ccc(-c2csc(CNCC(C)C)n2)c(OC)c1. The molecule has 5 heteroatoms. The van der Waals surface area contributed by atoms with E-state index in [0.29, 0.717) is 5.92 Å². The van der Waals surface area contributed by atoms with Gasteiger partial charge in [-0.25, -0.2) is 4.98 Å². The Balaban J connectivity index is 2.13. The van der Waals surface area contributed by atoms with Gasteiger partial charge in [-0.2, -0.15) is 0 Å². The maximum atomic E-state index is 5.43. The Labute approximate surface area is 130 Å². The summed E-state index contributed by atoms with van der Waals surface area (Å²) in [4.78, 5) is 4.68. The van der Waals surface area contributed by atoms with Crippen LogP contribution in [0.4, 0.5) is 0 Å². The predicted molar refractivity (Wildman–Crippen MR) is 87.2 cm³/mol. The van der Waals surface area contributed by atoms with Crippen LogP contribution in [-0.4, -0.2) is 25.7 Å². The van der Waals surface area contributed by atoms with Crippen LogP contribution >= 0.6 is 11.3 Å². The summed E-state index contributed by atoms with van der Waals surface area (Å²) in [5.41, 5.74) is 1.94. The van der Waals surface area contributed by atoms with E-state index in [9.17, 15) is 0 Å². The minimum absolute atomic E-state index is 0.645. The number of benzene rings is 1. The number of methoxy groups -OCH3 is 2. The van der Waals surface area contributed by atoms with Gasteiger partial charge in [0.25, 0.3) is 0 Å². The lowest BCUT2D eigenvalue weighted by Crippen LogP contribution is -2.18. The number of aromatic nitrogens is 1. The van der Waals surface area contributed by atoms with Crippen molar-refractivity contribution in [3.63, 3.8) is 0 Å². The lowest BCUT2D eigenvalue weighted by Gasteiger charge is -2.08. The highest BCUT2D eigenvalue weighted by Gasteiger charge is 2.11. The Morgan fingerprint density at radius 2 is 2.05 bits per heavy atom. The second kappa shape index (κ2) is 7.43. The molecule has 0 radical (unpaired) electrons. The van der Waals surface area contributed by atoms with Gasteiger partial charge in [0.1, 0.15) is 16.5 Å². The average molecular weight is 306 g/mol. The van der Waals surface area contributed by atoms with E-state index in [0.717, 1.165) is 40.9 Å². The van der Waals surface area contributed by atoms with Crippen LogP contribution in [-0.2, 0) is 6.54 Å². The zero-order chi connectivity index (χ0) is 15.2. The van der Waals surface area contributed by atoms with Gasteiger partial charge in [0.05, 0.1) is 19.9 Å². The molecule has 0 aliphatic heterocycles. The fraction of sp³-hybridized carbons (Fsp3) is 0.438. The minimum atomic E-state index is 0.645. The third-order valence-corrected chi connectivity index (χ3v) is 3.91. The van der Waals surface area contributed by atoms with Gasteiger partial charge in [-0.15, -0.1) is 11.3 Å². The monoisotopic (exact) mass is 306 g/mol. The molecular weight excluding hydrogens is 284 g/mol. The van der Waals surface area contributed by atoms with E-state index in [-0.39, 0.29) is 0 Å². The molecule has 0 fully saturated rings. The third kappa shape index (κ3) is 4.19. The quantitative estimate of drug-likeness (QED) is 0.849. The highest BCUT2D eigenvalue weighted by molar-refractivity contribution is 7.09. The highest BCUT2D eigenvalue weighted by Crippen LogP contribution is 2.33. The van der Waals surface area contributed by atoms with Crippen molar-refractivity contribution in [3.05, 3.63) is 28.6 Å². The van der Waals surface area contributed by atoms with Gasteiger partial charge in [-0.05, 0) is 24.6 Å². The number of nitrogens with zero attached hydrogens (tertiary/aromatic N) is 1. The van der Waals surface area contributed by atoms with E-state index in [2.05, 4.69) is 29.5 Å². The van der Waals surface area contributed by atoms with E-state index >= 15 is 0 Å². The van der Waals surface area contributed by atoms with Crippen molar-refractivity contribution in [1.29, 1.82) is 0 Å². The molecule has 1 aromatic carbocycles. The van der Waals surface area contributed by atoms with Crippen LogP contribution < -0.4 is 14.8 Å². The molecule has 2 rings (SSSR count). The first-order valence-corrected chi connectivity index (χ1v) is 7.89. The third-order valence-electron chi connectivity index (χ3n) is 3.07. The molecule has 21 heavy (non-hydrogen) atoms. The average Bonchev–Trinajstić information content (AvgIpc) is 2.94. The summed E-state index contributed by atoms with van der Waals surface area (Å²) in [5, 5.41) is 6.56. The molecule has 0 saturated carbocycles. The number of thiazole rings is 1. The van der Waals surface area contributed by atoms with Crippen molar-refractivity contribution in [3.8, 4) is 22.8 Å². The first-order valence-electron chi connectivity index (χ1n) is 7.01. The maximum absolute atomic E-state index is 5.43. The molecule has 0 saturated heterocycles. The molecule has 0 atom stereocenters. The van der Waals surface area contributed by atoms with Crippen LogP contribution in [0.3, 0.4) is 0 Å². The molecule has 0 aliphatic carbocycles. The summed E-state index contributed by atoms with van der Waals surface area (Å²) in [6, 6.07) is 5.79. The molecule has 114 valence electrons. The minimum Gasteiger partial charge on any atom is -0.497 e. The van der Waals surface area contributed by atoms with Crippen molar-refractivity contribution in [1.82, 2.24) is 10.3 Å². The fourth-order valence-electron chi connectivity index (χ4n) is 1.99. The second-order valence-corrected chi connectivity index (χ2v) is 6.16. The molecule has 0 unspecified atom stereocenters. The summed E-state index contributed by atoms with van der Waals surface area (Å²) >= 11 is 1.66. The summed E-state index contributed by atoms with van der Waals surface area (Å²) in [5.74, 6) is 2.21. The topological polar surface area (TPSA) is 43.4 Å². The van der Waals surface area contributed by atoms with Gasteiger partial charge in [-0.3, -0.25) is 0 Å². The largest absolute Gasteiger partial charge is 0.497 e. The second-order valence-electron chi connectivity index (χ2n) is 5.22. The summed E-state index contributed by atoms with van der Waals surface area (Å²) in [6.07, 6.45) is 0. The highest BCUT2D eigenvalue weighted by atomic mass is 32.1. The Bertz CT molecular complexity index is 581. The van der Waals surface area contributed by atoms with Gasteiger partial charge in [0, 0.05) is 23.6 Å². The molecule has 4 nitrogen and oxygen atoms in total. The zero-order valence-electron chi connectivity index (χ0n) is 13.0. The summed E-state index contributed by atoms with van der Waals surface area (Å²) < 4.78 is 10.7. The number of hydrogen-bond acceptors (Lipinski definition) is 5. The van der Waals surface area contributed by atoms with Gasteiger partial charge in [-0.1, -0.05) is 13.8 Å². The van der Waals surface area contributed by atoms with E-state index in [1.54, 1.807) is 25.6 Å². The molecule has 2 aromatic rings. The van der Waals surface area contributed by atoms with Crippen LogP contribution in [0, 0.1) is 5.92 Å².